The Balaban J connectivity index is 1.91. The molecular formula is C10H14BrN5. The maximum Gasteiger partial charge on any atom is 0.0729 e. The van der Waals surface area contributed by atoms with Crippen molar-refractivity contribution < 1.29 is 0 Å². The van der Waals surface area contributed by atoms with Crippen LogP contribution in [0.15, 0.2) is 29.3 Å². The van der Waals surface area contributed by atoms with Gasteiger partial charge >= 0.3 is 0 Å². The topological polar surface area (TPSA) is 47.7 Å². The highest BCUT2D eigenvalue weighted by molar-refractivity contribution is 9.10. The van der Waals surface area contributed by atoms with Crippen LogP contribution >= 0.6 is 15.9 Å². The molecule has 0 amide bonds. The summed E-state index contributed by atoms with van der Waals surface area (Å²) >= 11 is 3.38. The predicted molar refractivity (Wildman–Crippen MR) is 66.2 cm³/mol. The fourth-order valence-corrected chi connectivity index (χ4v) is 1.87. The molecule has 5 nitrogen and oxygen atoms in total. The van der Waals surface area contributed by atoms with Crippen molar-refractivity contribution in [3.8, 4) is 0 Å². The van der Waals surface area contributed by atoms with Crippen molar-refractivity contribution >= 4 is 21.6 Å². The summed E-state index contributed by atoms with van der Waals surface area (Å²) < 4.78 is 4.68. The van der Waals surface area contributed by atoms with E-state index in [2.05, 4.69) is 38.4 Å². The standard InChI is InChI=1S/C10H14BrN5/c1-8(5-16-6-9(11)3-13-16)14-10-4-12-15(2)7-10/h3-4,6-8,14H,5H2,1-2H3/t8-/m1/s1. The molecule has 0 fully saturated rings. The molecule has 2 aromatic rings. The lowest BCUT2D eigenvalue weighted by Gasteiger charge is -2.13. The lowest BCUT2D eigenvalue weighted by atomic mass is 10.3. The molecule has 0 radical (unpaired) electrons. The molecule has 16 heavy (non-hydrogen) atoms. The zero-order chi connectivity index (χ0) is 11.5. The third kappa shape index (κ3) is 2.85. The number of rotatable bonds is 4. The number of aryl methyl sites for hydroxylation is 1. The van der Waals surface area contributed by atoms with Gasteiger partial charge in [-0.25, -0.2) is 0 Å². The fraction of sp³-hybridized carbons (Fsp3) is 0.400. The summed E-state index contributed by atoms with van der Waals surface area (Å²) in [5.41, 5.74) is 1.03. The Morgan fingerprint density at radius 1 is 1.38 bits per heavy atom. The Labute approximate surface area is 103 Å². The van der Waals surface area contributed by atoms with Crippen molar-refractivity contribution in [1.29, 1.82) is 0 Å². The maximum atomic E-state index is 4.21. The van der Waals surface area contributed by atoms with E-state index in [1.165, 1.54) is 0 Å². The lowest BCUT2D eigenvalue weighted by Crippen LogP contribution is -2.21. The molecule has 1 N–H and O–H groups in total. The first kappa shape index (κ1) is 11.2. The van der Waals surface area contributed by atoms with Crippen molar-refractivity contribution in [2.24, 2.45) is 7.05 Å². The van der Waals surface area contributed by atoms with E-state index in [0.29, 0.717) is 6.04 Å². The second kappa shape index (κ2) is 4.69. The third-order valence-corrected chi connectivity index (χ3v) is 2.59. The SMILES string of the molecule is C[C@H](Cn1cc(Br)cn1)Nc1cnn(C)c1. The van der Waals surface area contributed by atoms with E-state index in [1.54, 1.807) is 10.9 Å². The van der Waals surface area contributed by atoms with Crippen LogP contribution in [0.25, 0.3) is 0 Å². The van der Waals surface area contributed by atoms with Crippen LogP contribution in [0.1, 0.15) is 6.92 Å². The molecule has 0 saturated heterocycles. The number of aromatic nitrogens is 4. The molecule has 0 spiro atoms. The number of anilines is 1. The molecule has 0 aromatic carbocycles. The third-order valence-electron chi connectivity index (χ3n) is 2.18. The summed E-state index contributed by atoms with van der Waals surface area (Å²) in [4.78, 5) is 0. The average Bonchev–Trinajstić information content (AvgIpc) is 2.76. The Morgan fingerprint density at radius 2 is 2.19 bits per heavy atom. The summed E-state index contributed by atoms with van der Waals surface area (Å²) in [6.45, 7) is 2.93. The van der Waals surface area contributed by atoms with E-state index in [9.17, 15) is 0 Å². The van der Waals surface area contributed by atoms with E-state index in [1.807, 2.05) is 30.3 Å². The normalized spacial score (nSPS) is 12.7. The molecule has 6 heteroatoms. The van der Waals surface area contributed by atoms with Gasteiger partial charge in [0.2, 0.25) is 0 Å². The van der Waals surface area contributed by atoms with Gasteiger partial charge in [-0.2, -0.15) is 10.2 Å². The van der Waals surface area contributed by atoms with E-state index >= 15 is 0 Å². The van der Waals surface area contributed by atoms with E-state index < -0.39 is 0 Å². The van der Waals surface area contributed by atoms with Gasteiger partial charge in [0, 0.05) is 25.5 Å². The van der Waals surface area contributed by atoms with Gasteiger partial charge in [-0.1, -0.05) is 0 Å². The van der Waals surface area contributed by atoms with Gasteiger partial charge < -0.3 is 5.32 Å². The number of nitrogens with zero attached hydrogens (tertiary/aromatic N) is 4. The van der Waals surface area contributed by atoms with Crippen LogP contribution in [0.4, 0.5) is 5.69 Å². The smallest absolute Gasteiger partial charge is 0.0729 e. The van der Waals surface area contributed by atoms with E-state index in [-0.39, 0.29) is 0 Å². The summed E-state index contributed by atoms with van der Waals surface area (Å²) in [5, 5.41) is 11.7. The maximum absolute atomic E-state index is 4.21. The minimum absolute atomic E-state index is 0.302. The van der Waals surface area contributed by atoms with Gasteiger partial charge in [0.05, 0.1) is 29.1 Å². The van der Waals surface area contributed by atoms with Gasteiger partial charge in [0.25, 0.3) is 0 Å². The Kier molecular flexibility index (Phi) is 3.28. The van der Waals surface area contributed by atoms with Crippen LogP contribution in [-0.2, 0) is 13.6 Å². The Hall–Kier alpha value is -1.30. The van der Waals surface area contributed by atoms with Crippen LogP contribution in [0.2, 0.25) is 0 Å². The quantitative estimate of drug-likeness (QED) is 0.932. The first-order chi connectivity index (χ1) is 7.63. The molecule has 0 aliphatic heterocycles. The van der Waals surface area contributed by atoms with Crippen molar-refractivity contribution in [1.82, 2.24) is 19.6 Å². The zero-order valence-corrected chi connectivity index (χ0v) is 10.8. The predicted octanol–water partition coefficient (Wildman–Crippen LogP) is 1.88. The monoisotopic (exact) mass is 283 g/mol. The fourth-order valence-electron chi connectivity index (χ4n) is 1.54. The van der Waals surface area contributed by atoms with Crippen LogP contribution < -0.4 is 5.32 Å². The highest BCUT2D eigenvalue weighted by Crippen LogP contribution is 2.09. The Morgan fingerprint density at radius 3 is 2.75 bits per heavy atom. The van der Waals surface area contributed by atoms with Gasteiger partial charge in [-0.05, 0) is 22.9 Å². The molecule has 86 valence electrons. The van der Waals surface area contributed by atoms with Gasteiger partial charge in [-0.15, -0.1) is 0 Å². The van der Waals surface area contributed by atoms with Crippen LogP contribution in [0, 0.1) is 0 Å². The van der Waals surface area contributed by atoms with Crippen molar-refractivity contribution in [2.45, 2.75) is 19.5 Å². The lowest BCUT2D eigenvalue weighted by molar-refractivity contribution is 0.560. The first-order valence-electron chi connectivity index (χ1n) is 5.06. The second-order valence-electron chi connectivity index (χ2n) is 3.83. The van der Waals surface area contributed by atoms with Gasteiger partial charge in [-0.3, -0.25) is 9.36 Å². The largest absolute Gasteiger partial charge is 0.378 e. The van der Waals surface area contributed by atoms with Crippen molar-refractivity contribution in [2.75, 3.05) is 5.32 Å². The number of halogens is 1. The molecule has 0 bridgehead atoms. The summed E-state index contributed by atoms with van der Waals surface area (Å²) in [7, 11) is 1.90. The first-order valence-corrected chi connectivity index (χ1v) is 5.86. The zero-order valence-electron chi connectivity index (χ0n) is 9.26. The molecule has 0 unspecified atom stereocenters. The summed E-state index contributed by atoms with van der Waals surface area (Å²) in [6, 6.07) is 0.302. The molecular weight excluding hydrogens is 270 g/mol. The molecule has 2 heterocycles. The highest BCUT2D eigenvalue weighted by Gasteiger charge is 2.05. The molecule has 1 atom stereocenters. The van der Waals surface area contributed by atoms with Crippen molar-refractivity contribution in [3.05, 3.63) is 29.3 Å². The minimum Gasteiger partial charge on any atom is -0.378 e. The highest BCUT2D eigenvalue weighted by atomic mass is 79.9. The number of nitrogens with one attached hydrogen (secondary N) is 1. The molecule has 2 rings (SSSR count). The molecule has 0 saturated carbocycles. The second-order valence-corrected chi connectivity index (χ2v) is 4.74. The Bertz CT molecular complexity index is 419. The van der Waals surface area contributed by atoms with Crippen LogP contribution in [0.5, 0.6) is 0 Å². The van der Waals surface area contributed by atoms with Gasteiger partial charge in [0.1, 0.15) is 0 Å². The van der Waals surface area contributed by atoms with Crippen LogP contribution in [-0.4, -0.2) is 25.6 Å². The molecule has 0 aliphatic carbocycles. The summed E-state index contributed by atoms with van der Waals surface area (Å²) in [5.74, 6) is 0. The number of hydrogen-bond donors (Lipinski definition) is 1. The molecule has 2 aromatic heterocycles. The van der Waals surface area contributed by atoms with Crippen LogP contribution in [0.3, 0.4) is 0 Å². The van der Waals surface area contributed by atoms with E-state index in [0.717, 1.165) is 16.7 Å². The molecule has 0 aliphatic rings. The average molecular weight is 284 g/mol. The van der Waals surface area contributed by atoms with Crippen molar-refractivity contribution in [3.63, 3.8) is 0 Å². The number of hydrogen-bond acceptors (Lipinski definition) is 3. The summed E-state index contributed by atoms with van der Waals surface area (Å²) in [6.07, 6.45) is 7.52. The van der Waals surface area contributed by atoms with Gasteiger partial charge in [0.15, 0.2) is 0 Å². The minimum atomic E-state index is 0.302. The van der Waals surface area contributed by atoms with E-state index in [4.69, 9.17) is 0 Å².